The SMILES string of the molecule is NCC1(COc2cccc(-c3ccncc3)c2)CCOCC1. The van der Waals surface area contributed by atoms with Gasteiger partial charge in [-0.05, 0) is 48.2 Å². The molecule has 1 aromatic carbocycles. The van der Waals surface area contributed by atoms with Crippen LogP contribution in [0.2, 0.25) is 0 Å². The molecule has 0 amide bonds. The zero-order chi connectivity index (χ0) is 15.3. The zero-order valence-electron chi connectivity index (χ0n) is 12.7. The van der Waals surface area contributed by atoms with E-state index in [-0.39, 0.29) is 5.41 Å². The number of ether oxygens (including phenoxy) is 2. The number of hydrogen-bond donors (Lipinski definition) is 1. The van der Waals surface area contributed by atoms with Crippen molar-refractivity contribution in [1.82, 2.24) is 4.98 Å². The molecule has 1 aliphatic rings. The summed E-state index contributed by atoms with van der Waals surface area (Å²) in [5.74, 6) is 0.883. The average molecular weight is 298 g/mol. The second-order valence-electron chi connectivity index (χ2n) is 5.87. The number of nitrogens with zero attached hydrogens (tertiary/aromatic N) is 1. The van der Waals surface area contributed by atoms with Crippen molar-refractivity contribution in [2.75, 3.05) is 26.4 Å². The molecule has 3 rings (SSSR count). The maximum atomic E-state index is 6.05. The van der Waals surface area contributed by atoms with Gasteiger partial charge in [0.05, 0.1) is 6.61 Å². The molecule has 1 aromatic heterocycles. The van der Waals surface area contributed by atoms with E-state index in [0.29, 0.717) is 13.2 Å². The highest BCUT2D eigenvalue weighted by atomic mass is 16.5. The van der Waals surface area contributed by atoms with E-state index in [2.05, 4.69) is 17.1 Å². The zero-order valence-corrected chi connectivity index (χ0v) is 12.7. The Morgan fingerprint density at radius 1 is 1.09 bits per heavy atom. The summed E-state index contributed by atoms with van der Waals surface area (Å²) in [6.45, 7) is 2.84. The largest absolute Gasteiger partial charge is 0.493 e. The first kappa shape index (κ1) is 15.0. The third-order valence-electron chi connectivity index (χ3n) is 4.38. The van der Waals surface area contributed by atoms with Gasteiger partial charge in [-0.25, -0.2) is 0 Å². The molecule has 2 aromatic rings. The first-order valence-electron chi connectivity index (χ1n) is 7.72. The summed E-state index contributed by atoms with van der Waals surface area (Å²) in [5, 5.41) is 0. The summed E-state index contributed by atoms with van der Waals surface area (Å²) in [6, 6.07) is 12.2. The summed E-state index contributed by atoms with van der Waals surface area (Å²) in [5.41, 5.74) is 8.30. The monoisotopic (exact) mass is 298 g/mol. The summed E-state index contributed by atoms with van der Waals surface area (Å²) in [7, 11) is 0. The van der Waals surface area contributed by atoms with Crippen LogP contribution in [0, 0.1) is 5.41 Å². The van der Waals surface area contributed by atoms with Crippen LogP contribution in [0.4, 0.5) is 0 Å². The van der Waals surface area contributed by atoms with Gasteiger partial charge in [-0.3, -0.25) is 4.98 Å². The second kappa shape index (κ2) is 6.90. The van der Waals surface area contributed by atoms with E-state index in [9.17, 15) is 0 Å². The van der Waals surface area contributed by atoms with Crippen molar-refractivity contribution in [2.24, 2.45) is 11.1 Å². The van der Waals surface area contributed by atoms with Crippen molar-refractivity contribution in [3.63, 3.8) is 0 Å². The van der Waals surface area contributed by atoms with Crippen LogP contribution in [0.1, 0.15) is 12.8 Å². The molecule has 4 nitrogen and oxygen atoms in total. The van der Waals surface area contributed by atoms with Crippen molar-refractivity contribution in [2.45, 2.75) is 12.8 Å². The molecular weight excluding hydrogens is 276 g/mol. The van der Waals surface area contributed by atoms with Crippen molar-refractivity contribution in [3.8, 4) is 16.9 Å². The molecule has 0 unspecified atom stereocenters. The molecule has 0 radical (unpaired) electrons. The van der Waals surface area contributed by atoms with Crippen LogP contribution in [0.15, 0.2) is 48.8 Å². The van der Waals surface area contributed by atoms with E-state index in [1.165, 1.54) is 0 Å². The molecule has 4 heteroatoms. The molecule has 2 heterocycles. The van der Waals surface area contributed by atoms with Gasteiger partial charge < -0.3 is 15.2 Å². The second-order valence-corrected chi connectivity index (χ2v) is 5.87. The van der Waals surface area contributed by atoms with Crippen LogP contribution in [0.3, 0.4) is 0 Å². The van der Waals surface area contributed by atoms with E-state index in [1.54, 1.807) is 12.4 Å². The molecule has 0 atom stereocenters. The fourth-order valence-corrected chi connectivity index (χ4v) is 2.76. The van der Waals surface area contributed by atoms with Gasteiger partial charge in [0, 0.05) is 37.6 Å². The highest BCUT2D eigenvalue weighted by Gasteiger charge is 2.32. The summed E-state index contributed by atoms with van der Waals surface area (Å²) >= 11 is 0. The highest BCUT2D eigenvalue weighted by Crippen LogP contribution is 2.31. The van der Waals surface area contributed by atoms with Crippen molar-refractivity contribution in [3.05, 3.63) is 48.8 Å². The van der Waals surface area contributed by atoms with E-state index >= 15 is 0 Å². The molecule has 22 heavy (non-hydrogen) atoms. The van der Waals surface area contributed by atoms with Gasteiger partial charge in [-0.1, -0.05) is 12.1 Å². The summed E-state index contributed by atoms with van der Waals surface area (Å²) in [4.78, 5) is 4.05. The smallest absolute Gasteiger partial charge is 0.119 e. The maximum absolute atomic E-state index is 6.05. The van der Waals surface area contributed by atoms with Gasteiger partial charge >= 0.3 is 0 Å². The Morgan fingerprint density at radius 3 is 2.59 bits per heavy atom. The maximum Gasteiger partial charge on any atom is 0.119 e. The summed E-state index contributed by atoms with van der Waals surface area (Å²) in [6.07, 6.45) is 5.53. The highest BCUT2D eigenvalue weighted by molar-refractivity contribution is 5.64. The Morgan fingerprint density at radius 2 is 1.86 bits per heavy atom. The number of benzene rings is 1. The fraction of sp³-hybridized carbons (Fsp3) is 0.389. The van der Waals surface area contributed by atoms with Crippen LogP contribution in [0.25, 0.3) is 11.1 Å². The molecule has 2 N–H and O–H groups in total. The standard InChI is InChI=1S/C18H22N2O2/c19-13-18(6-10-21-11-7-18)14-22-17-3-1-2-16(12-17)15-4-8-20-9-5-15/h1-5,8-9,12H,6-7,10-11,13-14,19H2. The van der Waals surface area contributed by atoms with E-state index in [0.717, 1.165) is 42.9 Å². The molecule has 0 bridgehead atoms. The average Bonchev–Trinajstić information content (AvgIpc) is 2.62. The molecule has 0 saturated carbocycles. The fourth-order valence-electron chi connectivity index (χ4n) is 2.76. The van der Waals surface area contributed by atoms with E-state index < -0.39 is 0 Å². The minimum Gasteiger partial charge on any atom is -0.493 e. The minimum absolute atomic E-state index is 0.0465. The Hall–Kier alpha value is -1.91. The van der Waals surface area contributed by atoms with Crippen LogP contribution in [-0.2, 0) is 4.74 Å². The predicted molar refractivity (Wildman–Crippen MR) is 86.7 cm³/mol. The van der Waals surface area contributed by atoms with Crippen LogP contribution in [-0.4, -0.2) is 31.3 Å². The Bertz CT molecular complexity index is 595. The lowest BCUT2D eigenvalue weighted by molar-refractivity contribution is -0.00498. The lowest BCUT2D eigenvalue weighted by Crippen LogP contribution is -2.41. The van der Waals surface area contributed by atoms with E-state index in [4.69, 9.17) is 15.2 Å². The van der Waals surface area contributed by atoms with Gasteiger partial charge in [-0.15, -0.1) is 0 Å². The number of nitrogens with two attached hydrogens (primary N) is 1. The van der Waals surface area contributed by atoms with Gasteiger partial charge in [0.2, 0.25) is 0 Å². The molecule has 1 aliphatic heterocycles. The third-order valence-corrected chi connectivity index (χ3v) is 4.38. The first-order valence-corrected chi connectivity index (χ1v) is 7.72. The number of aromatic nitrogens is 1. The molecule has 1 saturated heterocycles. The molecule has 0 aliphatic carbocycles. The topological polar surface area (TPSA) is 57.4 Å². The van der Waals surface area contributed by atoms with Crippen molar-refractivity contribution < 1.29 is 9.47 Å². The van der Waals surface area contributed by atoms with Gasteiger partial charge in [0.15, 0.2) is 0 Å². The predicted octanol–water partition coefficient (Wildman–Crippen LogP) is 2.88. The van der Waals surface area contributed by atoms with Gasteiger partial charge in [0.1, 0.15) is 5.75 Å². The Kier molecular flexibility index (Phi) is 4.71. The quantitative estimate of drug-likeness (QED) is 0.922. The van der Waals surface area contributed by atoms with Gasteiger partial charge in [0.25, 0.3) is 0 Å². The number of rotatable bonds is 5. The summed E-state index contributed by atoms with van der Waals surface area (Å²) < 4.78 is 11.5. The Balaban J connectivity index is 1.70. The normalized spacial score (nSPS) is 17.1. The van der Waals surface area contributed by atoms with Gasteiger partial charge in [-0.2, -0.15) is 0 Å². The molecule has 1 fully saturated rings. The van der Waals surface area contributed by atoms with Crippen molar-refractivity contribution in [1.29, 1.82) is 0 Å². The Labute approximate surface area is 131 Å². The van der Waals surface area contributed by atoms with Crippen molar-refractivity contribution >= 4 is 0 Å². The van der Waals surface area contributed by atoms with Crippen LogP contribution >= 0.6 is 0 Å². The van der Waals surface area contributed by atoms with Crippen LogP contribution < -0.4 is 10.5 Å². The third kappa shape index (κ3) is 3.46. The minimum atomic E-state index is 0.0465. The number of hydrogen-bond acceptors (Lipinski definition) is 4. The first-order chi connectivity index (χ1) is 10.8. The lowest BCUT2D eigenvalue weighted by Gasteiger charge is -2.35. The lowest BCUT2D eigenvalue weighted by atomic mass is 9.81. The molecule has 116 valence electrons. The number of pyridine rings is 1. The van der Waals surface area contributed by atoms with E-state index in [1.807, 2.05) is 24.3 Å². The molecular formula is C18H22N2O2. The van der Waals surface area contributed by atoms with Crippen LogP contribution in [0.5, 0.6) is 5.75 Å². The molecule has 0 spiro atoms.